The van der Waals surface area contributed by atoms with Crippen LogP contribution >= 0.6 is 0 Å². The Labute approximate surface area is 144 Å². The zero-order chi connectivity index (χ0) is 16.8. The predicted octanol–water partition coefficient (Wildman–Crippen LogP) is 3.52. The molecule has 1 aliphatic rings. The Morgan fingerprint density at radius 2 is 1.88 bits per heavy atom. The van der Waals surface area contributed by atoms with Gasteiger partial charge in [-0.15, -0.1) is 0 Å². The van der Waals surface area contributed by atoms with Crippen LogP contribution in [0.25, 0.3) is 0 Å². The zero-order valence-electron chi connectivity index (χ0n) is 14.4. The second-order valence-corrected chi connectivity index (χ2v) is 6.70. The van der Waals surface area contributed by atoms with Gasteiger partial charge in [0.2, 0.25) is 5.91 Å². The number of likely N-dealkylation sites (tertiary alicyclic amines) is 1. The van der Waals surface area contributed by atoms with Crippen LogP contribution in [0.4, 0.5) is 0 Å². The van der Waals surface area contributed by atoms with Crippen LogP contribution in [0.15, 0.2) is 54.6 Å². The molecule has 3 heteroatoms. The highest BCUT2D eigenvalue weighted by atomic mass is 16.1. The van der Waals surface area contributed by atoms with Crippen LogP contribution in [0.1, 0.15) is 29.5 Å². The molecule has 1 unspecified atom stereocenters. The van der Waals surface area contributed by atoms with Gasteiger partial charge in [-0.1, -0.05) is 54.6 Å². The van der Waals surface area contributed by atoms with E-state index in [4.69, 9.17) is 0 Å². The summed E-state index contributed by atoms with van der Waals surface area (Å²) in [6.45, 7) is 5.65. The van der Waals surface area contributed by atoms with E-state index in [0.29, 0.717) is 6.54 Å². The average Bonchev–Trinajstić information content (AvgIpc) is 2.63. The lowest BCUT2D eigenvalue weighted by molar-refractivity contribution is -0.126. The number of carbonyl (C=O) groups is 1. The fourth-order valence-corrected chi connectivity index (χ4v) is 3.37. The highest BCUT2D eigenvalue weighted by Crippen LogP contribution is 2.20. The molecule has 0 saturated carbocycles. The van der Waals surface area contributed by atoms with Crippen molar-refractivity contribution in [2.24, 2.45) is 5.92 Å². The third-order valence-corrected chi connectivity index (χ3v) is 4.84. The number of piperidine rings is 1. The van der Waals surface area contributed by atoms with Crippen LogP contribution in [0.3, 0.4) is 0 Å². The minimum absolute atomic E-state index is 0.103. The number of aryl methyl sites for hydroxylation is 1. The molecule has 0 radical (unpaired) electrons. The zero-order valence-corrected chi connectivity index (χ0v) is 14.4. The number of nitrogens with one attached hydrogen (secondary N) is 1. The first kappa shape index (κ1) is 16.7. The van der Waals surface area contributed by atoms with E-state index in [0.717, 1.165) is 38.0 Å². The summed E-state index contributed by atoms with van der Waals surface area (Å²) in [6, 6.07) is 18.6. The molecular weight excluding hydrogens is 296 g/mol. The van der Waals surface area contributed by atoms with Crippen LogP contribution in [-0.4, -0.2) is 23.9 Å². The molecule has 1 atom stereocenters. The molecule has 1 heterocycles. The summed E-state index contributed by atoms with van der Waals surface area (Å²) in [6.07, 6.45) is 2.08. The van der Waals surface area contributed by atoms with Crippen LogP contribution in [-0.2, 0) is 17.9 Å². The minimum Gasteiger partial charge on any atom is -0.352 e. The van der Waals surface area contributed by atoms with Crippen molar-refractivity contribution >= 4 is 5.91 Å². The van der Waals surface area contributed by atoms with Crippen molar-refractivity contribution in [1.29, 1.82) is 0 Å². The van der Waals surface area contributed by atoms with Gasteiger partial charge in [-0.2, -0.15) is 0 Å². The number of rotatable bonds is 5. The molecule has 3 rings (SSSR count). The molecule has 3 nitrogen and oxygen atoms in total. The summed E-state index contributed by atoms with van der Waals surface area (Å²) in [5.41, 5.74) is 3.84. The van der Waals surface area contributed by atoms with Gasteiger partial charge in [0.05, 0.1) is 5.92 Å². The number of hydrogen-bond acceptors (Lipinski definition) is 2. The van der Waals surface area contributed by atoms with E-state index in [2.05, 4.69) is 41.4 Å². The molecule has 1 saturated heterocycles. The summed E-state index contributed by atoms with van der Waals surface area (Å²) < 4.78 is 0. The number of benzene rings is 2. The van der Waals surface area contributed by atoms with Crippen LogP contribution in [0, 0.1) is 12.8 Å². The SMILES string of the molecule is Cc1ccccc1CN1CCCC(C(=O)NCc2ccccc2)C1. The highest BCUT2D eigenvalue weighted by Gasteiger charge is 2.25. The standard InChI is InChI=1S/C21H26N2O/c1-17-8-5-6-11-19(17)15-23-13-7-12-20(16-23)21(24)22-14-18-9-3-2-4-10-18/h2-6,8-11,20H,7,12-16H2,1H3,(H,22,24). The van der Waals surface area contributed by atoms with Gasteiger partial charge in [-0.3, -0.25) is 9.69 Å². The van der Waals surface area contributed by atoms with Crippen molar-refractivity contribution in [2.45, 2.75) is 32.9 Å². The Morgan fingerprint density at radius 1 is 1.12 bits per heavy atom. The van der Waals surface area contributed by atoms with E-state index in [1.165, 1.54) is 11.1 Å². The number of nitrogens with zero attached hydrogens (tertiary/aromatic N) is 1. The number of hydrogen-bond donors (Lipinski definition) is 1. The monoisotopic (exact) mass is 322 g/mol. The molecule has 1 amide bonds. The van der Waals surface area contributed by atoms with Gasteiger partial charge in [0, 0.05) is 19.6 Å². The largest absolute Gasteiger partial charge is 0.352 e. The van der Waals surface area contributed by atoms with Crippen molar-refractivity contribution in [3.63, 3.8) is 0 Å². The molecule has 0 spiro atoms. The topological polar surface area (TPSA) is 32.3 Å². The van der Waals surface area contributed by atoms with E-state index in [-0.39, 0.29) is 11.8 Å². The molecule has 24 heavy (non-hydrogen) atoms. The smallest absolute Gasteiger partial charge is 0.224 e. The lowest BCUT2D eigenvalue weighted by Crippen LogP contribution is -2.42. The van der Waals surface area contributed by atoms with Gasteiger partial charge >= 0.3 is 0 Å². The third-order valence-electron chi connectivity index (χ3n) is 4.84. The molecule has 1 aliphatic heterocycles. The summed E-state index contributed by atoms with van der Waals surface area (Å²) >= 11 is 0. The first-order valence-electron chi connectivity index (χ1n) is 8.81. The van der Waals surface area contributed by atoms with E-state index in [1.807, 2.05) is 30.3 Å². The first-order valence-corrected chi connectivity index (χ1v) is 8.81. The Morgan fingerprint density at radius 3 is 2.67 bits per heavy atom. The number of carbonyl (C=O) groups excluding carboxylic acids is 1. The van der Waals surface area contributed by atoms with Crippen molar-refractivity contribution in [3.8, 4) is 0 Å². The maximum Gasteiger partial charge on any atom is 0.224 e. The molecular formula is C21H26N2O. The average molecular weight is 322 g/mol. The van der Waals surface area contributed by atoms with Gasteiger partial charge in [-0.25, -0.2) is 0 Å². The Balaban J connectivity index is 1.53. The highest BCUT2D eigenvalue weighted by molar-refractivity contribution is 5.78. The van der Waals surface area contributed by atoms with Gasteiger partial charge in [-0.05, 0) is 43.0 Å². The maximum atomic E-state index is 12.5. The quantitative estimate of drug-likeness (QED) is 0.913. The van der Waals surface area contributed by atoms with E-state index in [9.17, 15) is 4.79 Å². The Hall–Kier alpha value is -2.13. The molecule has 2 aromatic carbocycles. The molecule has 0 aliphatic carbocycles. The van der Waals surface area contributed by atoms with Crippen LogP contribution < -0.4 is 5.32 Å². The summed E-state index contributed by atoms with van der Waals surface area (Å²) in [4.78, 5) is 14.9. The lowest BCUT2D eigenvalue weighted by Gasteiger charge is -2.32. The summed E-state index contributed by atoms with van der Waals surface area (Å²) in [5.74, 6) is 0.291. The second-order valence-electron chi connectivity index (χ2n) is 6.70. The fraction of sp³-hybridized carbons (Fsp3) is 0.381. The van der Waals surface area contributed by atoms with E-state index >= 15 is 0 Å². The van der Waals surface area contributed by atoms with Crippen LogP contribution in [0.5, 0.6) is 0 Å². The fourth-order valence-electron chi connectivity index (χ4n) is 3.37. The summed E-state index contributed by atoms with van der Waals surface area (Å²) in [7, 11) is 0. The third kappa shape index (κ3) is 4.45. The van der Waals surface area contributed by atoms with Gasteiger partial charge < -0.3 is 5.32 Å². The van der Waals surface area contributed by atoms with Crippen molar-refractivity contribution in [1.82, 2.24) is 10.2 Å². The molecule has 1 fully saturated rings. The molecule has 126 valence electrons. The normalized spacial score (nSPS) is 18.3. The van der Waals surface area contributed by atoms with Crippen molar-refractivity contribution < 1.29 is 4.79 Å². The Bertz CT molecular complexity index is 669. The minimum atomic E-state index is 0.103. The maximum absolute atomic E-state index is 12.5. The van der Waals surface area contributed by atoms with Gasteiger partial charge in [0.25, 0.3) is 0 Å². The van der Waals surface area contributed by atoms with Gasteiger partial charge in [0.1, 0.15) is 0 Å². The summed E-state index contributed by atoms with van der Waals surface area (Å²) in [5, 5.41) is 3.10. The molecule has 1 N–H and O–H groups in total. The van der Waals surface area contributed by atoms with Gasteiger partial charge in [0.15, 0.2) is 0 Å². The second kappa shape index (κ2) is 8.11. The lowest BCUT2D eigenvalue weighted by atomic mass is 9.96. The van der Waals surface area contributed by atoms with E-state index < -0.39 is 0 Å². The molecule has 0 aromatic heterocycles. The predicted molar refractivity (Wildman–Crippen MR) is 97.5 cm³/mol. The number of amides is 1. The van der Waals surface area contributed by atoms with Crippen molar-refractivity contribution in [2.75, 3.05) is 13.1 Å². The van der Waals surface area contributed by atoms with E-state index in [1.54, 1.807) is 0 Å². The molecule has 0 bridgehead atoms. The Kier molecular flexibility index (Phi) is 5.65. The molecule has 2 aromatic rings. The van der Waals surface area contributed by atoms with Crippen LogP contribution in [0.2, 0.25) is 0 Å². The van der Waals surface area contributed by atoms with Crippen molar-refractivity contribution in [3.05, 3.63) is 71.3 Å². The first-order chi connectivity index (χ1) is 11.7.